The molecular weight excluding hydrogens is 372 g/mol. The van der Waals surface area contributed by atoms with Gasteiger partial charge in [-0.05, 0) is 37.7 Å². The highest BCUT2D eigenvalue weighted by molar-refractivity contribution is 5.68. The summed E-state index contributed by atoms with van der Waals surface area (Å²) in [5.41, 5.74) is 7.60. The predicted molar refractivity (Wildman–Crippen MR) is 111 cm³/mol. The van der Waals surface area contributed by atoms with Crippen molar-refractivity contribution >= 4 is 17.7 Å². The molecule has 0 radical (unpaired) electrons. The van der Waals surface area contributed by atoms with Gasteiger partial charge < -0.3 is 20.9 Å². The summed E-state index contributed by atoms with van der Waals surface area (Å²) in [6, 6.07) is 2.10. The van der Waals surface area contributed by atoms with Crippen molar-refractivity contribution in [3.63, 3.8) is 0 Å². The van der Waals surface area contributed by atoms with Crippen LogP contribution in [0.25, 0.3) is 0 Å². The van der Waals surface area contributed by atoms with Crippen LogP contribution in [0.15, 0.2) is 18.5 Å². The van der Waals surface area contributed by atoms with E-state index in [0.717, 1.165) is 56.3 Å². The molecule has 0 spiro atoms. The van der Waals surface area contributed by atoms with E-state index in [1.165, 1.54) is 7.11 Å². The van der Waals surface area contributed by atoms with Crippen molar-refractivity contribution in [2.24, 2.45) is 0 Å². The van der Waals surface area contributed by atoms with Crippen LogP contribution >= 0.6 is 0 Å². The number of nitrogens with zero attached hydrogens (tertiary/aromatic N) is 4. The molecule has 9 nitrogen and oxygen atoms in total. The molecule has 0 aliphatic carbocycles. The van der Waals surface area contributed by atoms with Crippen LogP contribution in [0, 0.1) is 0 Å². The molecule has 2 aromatic rings. The lowest BCUT2D eigenvalue weighted by molar-refractivity contribution is -0.137. The van der Waals surface area contributed by atoms with Crippen molar-refractivity contribution in [2.75, 3.05) is 24.7 Å². The molecule has 0 saturated carbocycles. The number of carboxylic acids is 1. The Bertz CT molecular complexity index is 769. The number of carboxylic acid groups (broad SMARTS) is 1. The Morgan fingerprint density at radius 1 is 1.21 bits per heavy atom. The third kappa shape index (κ3) is 7.89. The molecule has 0 bridgehead atoms. The summed E-state index contributed by atoms with van der Waals surface area (Å²) >= 11 is 0. The number of nitrogen functional groups attached to an aromatic ring is 1. The molecular formula is C20H30N6O3. The van der Waals surface area contributed by atoms with Crippen LogP contribution in [0.2, 0.25) is 0 Å². The molecule has 2 rings (SSSR count). The zero-order valence-corrected chi connectivity index (χ0v) is 17.1. The number of hydrogen-bond acceptors (Lipinski definition) is 8. The van der Waals surface area contributed by atoms with E-state index < -0.39 is 5.97 Å². The molecule has 0 saturated heterocycles. The molecule has 158 valence electrons. The Labute approximate surface area is 171 Å². The highest BCUT2D eigenvalue weighted by Gasteiger charge is 2.16. The number of nitrogens with one attached hydrogen (secondary N) is 1. The number of rotatable bonds is 13. The maximum Gasteiger partial charge on any atom is 0.316 e. The van der Waals surface area contributed by atoms with E-state index >= 15 is 0 Å². The van der Waals surface area contributed by atoms with Gasteiger partial charge in [-0.1, -0.05) is 19.3 Å². The molecule has 0 fully saturated rings. The van der Waals surface area contributed by atoms with E-state index in [1.54, 1.807) is 12.4 Å². The van der Waals surface area contributed by atoms with Crippen LogP contribution in [-0.4, -0.2) is 44.7 Å². The second-order valence-electron chi connectivity index (χ2n) is 6.89. The van der Waals surface area contributed by atoms with Gasteiger partial charge in [-0.15, -0.1) is 0 Å². The topological polar surface area (TPSA) is 136 Å². The summed E-state index contributed by atoms with van der Waals surface area (Å²) in [6.45, 7) is 2.74. The first-order valence-electron chi connectivity index (χ1n) is 9.96. The number of aryl methyl sites for hydroxylation is 1. The number of hydrogen-bond donors (Lipinski definition) is 3. The fourth-order valence-corrected chi connectivity index (χ4v) is 3.17. The molecule has 0 amide bonds. The maximum absolute atomic E-state index is 11.2. The van der Waals surface area contributed by atoms with E-state index in [-0.39, 0.29) is 18.3 Å². The first-order valence-corrected chi connectivity index (χ1v) is 9.96. The molecule has 1 atom stereocenters. The molecule has 9 heteroatoms. The Morgan fingerprint density at radius 2 is 1.93 bits per heavy atom. The number of anilines is 2. The number of methoxy groups -OCH3 is 1. The quantitative estimate of drug-likeness (QED) is 0.432. The van der Waals surface area contributed by atoms with Gasteiger partial charge in [0.2, 0.25) is 5.95 Å². The number of ether oxygens (including phenoxy) is 1. The van der Waals surface area contributed by atoms with Crippen molar-refractivity contribution in [1.82, 2.24) is 19.9 Å². The standard InChI is InChI=1S/C20H30N6O3/c1-3-22-19-25-16(11-17(21)26-19)9-7-5-4-6-8-14(10-18(27)28)15-12-23-20(29-2)24-13-15/h11-14H,3-10H2,1-2H3,(H,27,28)(H3,21,22,25,26)/t14-/m1/s1. The largest absolute Gasteiger partial charge is 0.481 e. The summed E-state index contributed by atoms with van der Waals surface area (Å²) < 4.78 is 4.96. The van der Waals surface area contributed by atoms with Gasteiger partial charge in [0, 0.05) is 30.7 Å². The molecule has 2 aromatic heterocycles. The second kappa shape index (κ2) is 11.8. The number of unbranched alkanes of at least 4 members (excludes halogenated alkanes) is 3. The lowest BCUT2D eigenvalue weighted by Gasteiger charge is -2.14. The molecule has 2 heterocycles. The minimum Gasteiger partial charge on any atom is -0.481 e. The third-order valence-electron chi connectivity index (χ3n) is 4.59. The first-order chi connectivity index (χ1) is 14.0. The van der Waals surface area contributed by atoms with Gasteiger partial charge in [0.05, 0.1) is 13.5 Å². The molecule has 4 N–H and O–H groups in total. The van der Waals surface area contributed by atoms with Gasteiger partial charge in [-0.25, -0.2) is 15.0 Å². The Morgan fingerprint density at radius 3 is 2.59 bits per heavy atom. The van der Waals surface area contributed by atoms with Crippen LogP contribution in [0.3, 0.4) is 0 Å². The molecule has 0 aliphatic heterocycles. The summed E-state index contributed by atoms with van der Waals surface area (Å²) in [5.74, 6) is 0.135. The normalized spacial score (nSPS) is 11.8. The fourth-order valence-electron chi connectivity index (χ4n) is 3.17. The Kier molecular flexibility index (Phi) is 9.07. The summed E-state index contributed by atoms with van der Waals surface area (Å²) in [7, 11) is 1.50. The van der Waals surface area contributed by atoms with Crippen molar-refractivity contribution < 1.29 is 14.6 Å². The number of aromatic nitrogens is 4. The monoisotopic (exact) mass is 402 g/mol. The van der Waals surface area contributed by atoms with Gasteiger partial charge >= 0.3 is 12.0 Å². The van der Waals surface area contributed by atoms with E-state index in [9.17, 15) is 9.90 Å². The van der Waals surface area contributed by atoms with Gasteiger partial charge in [0.25, 0.3) is 0 Å². The summed E-state index contributed by atoms with van der Waals surface area (Å²) in [6.07, 6.45) is 9.01. The van der Waals surface area contributed by atoms with E-state index in [1.807, 2.05) is 13.0 Å². The predicted octanol–water partition coefficient (Wildman–Crippen LogP) is 3.04. The molecule has 29 heavy (non-hydrogen) atoms. The van der Waals surface area contributed by atoms with Crippen molar-refractivity contribution in [3.8, 4) is 6.01 Å². The SMILES string of the molecule is CCNc1nc(N)cc(CCCCCC[C@H](CC(=O)O)c2cnc(OC)nc2)n1. The highest BCUT2D eigenvalue weighted by Crippen LogP contribution is 2.26. The van der Waals surface area contributed by atoms with Gasteiger partial charge in [-0.2, -0.15) is 4.98 Å². The summed E-state index contributed by atoms with van der Waals surface area (Å²) in [5, 5.41) is 12.3. The highest BCUT2D eigenvalue weighted by atomic mass is 16.5. The number of nitrogens with two attached hydrogens (primary N) is 1. The fraction of sp³-hybridized carbons (Fsp3) is 0.550. The van der Waals surface area contributed by atoms with Crippen LogP contribution in [-0.2, 0) is 11.2 Å². The van der Waals surface area contributed by atoms with E-state index in [4.69, 9.17) is 10.5 Å². The van der Waals surface area contributed by atoms with Gasteiger partial charge in [-0.3, -0.25) is 4.79 Å². The maximum atomic E-state index is 11.2. The third-order valence-corrected chi connectivity index (χ3v) is 4.59. The second-order valence-corrected chi connectivity index (χ2v) is 6.89. The zero-order valence-electron chi connectivity index (χ0n) is 17.1. The van der Waals surface area contributed by atoms with Gasteiger partial charge in [0.1, 0.15) is 5.82 Å². The molecule has 0 aromatic carbocycles. The Hall–Kier alpha value is -2.97. The van der Waals surface area contributed by atoms with Crippen LogP contribution < -0.4 is 15.8 Å². The van der Waals surface area contributed by atoms with Crippen LogP contribution in [0.4, 0.5) is 11.8 Å². The van der Waals surface area contributed by atoms with Crippen molar-refractivity contribution in [2.45, 2.75) is 57.8 Å². The number of carbonyl (C=O) groups is 1. The molecule has 0 aliphatic rings. The lowest BCUT2D eigenvalue weighted by Crippen LogP contribution is -2.08. The minimum absolute atomic E-state index is 0.0725. The average Bonchev–Trinajstić information content (AvgIpc) is 2.69. The van der Waals surface area contributed by atoms with Gasteiger partial charge in [0.15, 0.2) is 0 Å². The zero-order chi connectivity index (χ0) is 21.1. The van der Waals surface area contributed by atoms with Crippen molar-refractivity contribution in [3.05, 3.63) is 29.7 Å². The van der Waals surface area contributed by atoms with E-state index in [0.29, 0.717) is 11.8 Å². The summed E-state index contributed by atoms with van der Waals surface area (Å²) in [4.78, 5) is 28.0. The average molecular weight is 402 g/mol. The minimum atomic E-state index is -0.816. The lowest BCUT2D eigenvalue weighted by atomic mass is 9.92. The van der Waals surface area contributed by atoms with Crippen LogP contribution in [0.1, 0.15) is 62.6 Å². The van der Waals surface area contributed by atoms with Crippen molar-refractivity contribution in [1.29, 1.82) is 0 Å². The number of aliphatic carboxylic acids is 1. The van der Waals surface area contributed by atoms with E-state index in [2.05, 4.69) is 25.3 Å². The van der Waals surface area contributed by atoms with Crippen LogP contribution in [0.5, 0.6) is 6.01 Å². The first kappa shape index (κ1) is 22.3. The smallest absolute Gasteiger partial charge is 0.316 e. The Balaban J connectivity index is 1.77. The molecule has 0 unspecified atom stereocenters.